The smallest absolute Gasteiger partial charge is 0.0930 e. The third-order valence-corrected chi connectivity index (χ3v) is 6.64. The molecule has 0 nitrogen and oxygen atoms in total. The van der Waals surface area contributed by atoms with E-state index in [0.29, 0.717) is 0 Å². The van der Waals surface area contributed by atoms with E-state index in [-0.39, 0.29) is 5.38 Å². The van der Waals surface area contributed by atoms with Gasteiger partial charge in [0.15, 0.2) is 0 Å². The predicted octanol–water partition coefficient (Wildman–Crippen LogP) is 6.62. The molecule has 1 atom stereocenters. The van der Waals surface area contributed by atoms with Crippen molar-refractivity contribution in [3.8, 4) is 0 Å². The number of hydrogen-bond donors (Lipinski definition) is 0. The van der Waals surface area contributed by atoms with Crippen LogP contribution in [0.4, 0.5) is 0 Å². The van der Waals surface area contributed by atoms with Crippen molar-refractivity contribution in [3.63, 3.8) is 0 Å². The van der Waals surface area contributed by atoms with Crippen molar-refractivity contribution in [1.82, 2.24) is 0 Å². The van der Waals surface area contributed by atoms with Crippen molar-refractivity contribution in [2.24, 2.45) is 0 Å². The SMILES string of the molecule is Cc1cc(C(Cl)c2cc3c(s2)CCCCC3)c(C)cc1Cl. The van der Waals surface area contributed by atoms with E-state index in [0.717, 1.165) is 10.6 Å². The second kappa shape index (κ2) is 6.32. The van der Waals surface area contributed by atoms with Crippen molar-refractivity contribution in [1.29, 1.82) is 0 Å². The van der Waals surface area contributed by atoms with Crippen molar-refractivity contribution in [2.45, 2.75) is 51.3 Å². The van der Waals surface area contributed by atoms with Gasteiger partial charge >= 0.3 is 0 Å². The van der Waals surface area contributed by atoms with Crippen molar-refractivity contribution < 1.29 is 0 Å². The van der Waals surface area contributed by atoms with E-state index in [4.69, 9.17) is 23.2 Å². The summed E-state index contributed by atoms with van der Waals surface area (Å²) >= 11 is 14.9. The average Bonchev–Trinajstić information content (AvgIpc) is 2.73. The fraction of sp³-hybridized carbons (Fsp3) is 0.444. The summed E-state index contributed by atoms with van der Waals surface area (Å²) in [5.41, 5.74) is 4.99. The van der Waals surface area contributed by atoms with Gasteiger partial charge in [-0.3, -0.25) is 0 Å². The first-order chi connectivity index (χ1) is 10.1. The van der Waals surface area contributed by atoms with Crippen LogP contribution in [0.15, 0.2) is 18.2 Å². The molecule has 0 bridgehead atoms. The van der Waals surface area contributed by atoms with E-state index in [1.165, 1.54) is 53.7 Å². The Morgan fingerprint density at radius 1 is 1.00 bits per heavy atom. The van der Waals surface area contributed by atoms with Crippen molar-refractivity contribution in [2.75, 3.05) is 0 Å². The summed E-state index contributed by atoms with van der Waals surface area (Å²) < 4.78 is 0. The molecule has 3 heteroatoms. The minimum Gasteiger partial charge on any atom is -0.143 e. The molecule has 1 aromatic heterocycles. The van der Waals surface area contributed by atoms with Gasteiger partial charge in [-0.2, -0.15) is 0 Å². The van der Waals surface area contributed by atoms with Crippen LogP contribution in [0.2, 0.25) is 5.02 Å². The van der Waals surface area contributed by atoms with Crippen LogP contribution in [0.1, 0.15) is 56.6 Å². The van der Waals surface area contributed by atoms with Crippen molar-refractivity contribution in [3.05, 3.63) is 55.2 Å². The van der Waals surface area contributed by atoms with Gasteiger partial charge < -0.3 is 0 Å². The molecule has 3 rings (SSSR count). The van der Waals surface area contributed by atoms with Crippen LogP contribution < -0.4 is 0 Å². The number of hydrogen-bond acceptors (Lipinski definition) is 1. The Bertz CT molecular complexity index is 634. The highest BCUT2D eigenvalue weighted by Gasteiger charge is 2.20. The van der Waals surface area contributed by atoms with Crippen LogP contribution in [0.5, 0.6) is 0 Å². The third-order valence-electron chi connectivity index (χ3n) is 4.34. The fourth-order valence-electron chi connectivity index (χ4n) is 3.04. The van der Waals surface area contributed by atoms with Crippen LogP contribution >= 0.6 is 34.5 Å². The first-order valence-electron chi connectivity index (χ1n) is 7.58. The van der Waals surface area contributed by atoms with Gasteiger partial charge in [-0.15, -0.1) is 22.9 Å². The Balaban J connectivity index is 1.95. The number of aryl methyl sites for hydroxylation is 4. The standard InChI is InChI=1S/C18H20Cl2S/c1-11-9-15(19)12(2)8-14(11)18(20)17-10-13-6-4-3-5-7-16(13)21-17/h8-10,18H,3-7H2,1-2H3. The van der Waals surface area contributed by atoms with E-state index >= 15 is 0 Å². The summed E-state index contributed by atoms with van der Waals surface area (Å²) in [6.45, 7) is 4.13. The molecule has 1 heterocycles. The molecule has 0 fully saturated rings. The van der Waals surface area contributed by atoms with Crippen LogP contribution in [0.25, 0.3) is 0 Å². The topological polar surface area (TPSA) is 0 Å². The van der Waals surface area contributed by atoms with Gasteiger partial charge in [0.1, 0.15) is 0 Å². The molecule has 112 valence electrons. The monoisotopic (exact) mass is 338 g/mol. The Kier molecular flexibility index (Phi) is 4.63. The lowest BCUT2D eigenvalue weighted by Crippen LogP contribution is -1.96. The second-order valence-electron chi connectivity index (χ2n) is 5.98. The van der Waals surface area contributed by atoms with E-state index in [2.05, 4.69) is 19.1 Å². The molecule has 0 N–H and O–H groups in total. The Hall–Kier alpha value is -0.500. The quantitative estimate of drug-likeness (QED) is 0.426. The summed E-state index contributed by atoms with van der Waals surface area (Å²) in [7, 11) is 0. The summed E-state index contributed by atoms with van der Waals surface area (Å²) in [6, 6.07) is 6.51. The summed E-state index contributed by atoms with van der Waals surface area (Å²) in [5.74, 6) is 0. The number of rotatable bonds is 2. The average molecular weight is 339 g/mol. The molecule has 1 aliphatic carbocycles. The van der Waals surface area contributed by atoms with Gasteiger partial charge in [0.2, 0.25) is 0 Å². The maximum atomic E-state index is 6.79. The number of halogens is 2. The zero-order valence-corrected chi connectivity index (χ0v) is 14.8. The molecular weight excluding hydrogens is 319 g/mol. The van der Waals surface area contributed by atoms with E-state index < -0.39 is 0 Å². The number of thiophene rings is 1. The van der Waals surface area contributed by atoms with Gasteiger partial charge in [0.25, 0.3) is 0 Å². The minimum absolute atomic E-state index is 0.0575. The molecule has 1 aliphatic rings. The summed E-state index contributed by atoms with van der Waals surface area (Å²) in [5, 5.41) is 0.764. The maximum Gasteiger partial charge on any atom is 0.0930 e. The Morgan fingerprint density at radius 2 is 1.76 bits per heavy atom. The van der Waals surface area contributed by atoms with Crippen LogP contribution in [-0.4, -0.2) is 0 Å². The molecule has 1 aromatic carbocycles. The molecular formula is C18H20Cl2S. The molecule has 2 aromatic rings. The highest BCUT2D eigenvalue weighted by Crippen LogP contribution is 2.40. The highest BCUT2D eigenvalue weighted by atomic mass is 35.5. The number of alkyl halides is 1. The van der Waals surface area contributed by atoms with Crippen molar-refractivity contribution >= 4 is 34.5 Å². The molecule has 21 heavy (non-hydrogen) atoms. The fourth-order valence-corrected chi connectivity index (χ4v) is 4.95. The minimum atomic E-state index is -0.0575. The van der Waals surface area contributed by atoms with Crippen LogP contribution in [-0.2, 0) is 12.8 Å². The predicted molar refractivity (Wildman–Crippen MR) is 94.2 cm³/mol. The zero-order valence-electron chi connectivity index (χ0n) is 12.5. The largest absolute Gasteiger partial charge is 0.143 e. The lowest BCUT2D eigenvalue weighted by Gasteiger charge is -2.13. The Labute approximate surface area is 141 Å². The first-order valence-corrected chi connectivity index (χ1v) is 9.21. The molecule has 1 unspecified atom stereocenters. The maximum absolute atomic E-state index is 6.79. The van der Waals surface area contributed by atoms with Gasteiger partial charge in [0, 0.05) is 14.8 Å². The van der Waals surface area contributed by atoms with E-state index in [1.807, 2.05) is 24.3 Å². The molecule has 0 spiro atoms. The molecule has 0 radical (unpaired) electrons. The third kappa shape index (κ3) is 3.16. The van der Waals surface area contributed by atoms with Gasteiger partial charge in [-0.25, -0.2) is 0 Å². The molecule has 0 aliphatic heterocycles. The van der Waals surface area contributed by atoms with Gasteiger partial charge in [0.05, 0.1) is 5.38 Å². The van der Waals surface area contributed by atoms with E-state index in [1.54, 1.807) is 4.88 Å². The van der Waals surface area contributed by atoms with Crippen LogP contribution in [0, 0.1) is 13.8 Å². The Morgan fingerprint density at radius 3 is 2.57 bits per heavy atom. The first kappa shape index (κ1) is 15.4. The lowest BCUT2D eigenvalue weighted by molar-refractivity contribution is 0.712. The van der Waals surface area contributed by atoms with E-state index in [9.17, 15) is 0 Å². The normalized spacial score (nSPS) is 16.4. The molecule has 0 saturated heterocycles. The highest BCUT2D eigenvalue weighted by molar-refractivity contribution is 7.12. The number of benzene rings is 1. The van der Waals surface area contributed by atoms with Gasteiger partial charge in [-0.1, -0.05) is 24.1 Å². The zero-order chi connectivity index (χ0) is 15.0. The molecule has 0 amide bonds. The lowest BCUT2D eigenvalue weighted by atomic mass is 10.0. The summed E-state index contributed by atoms with van der Waals surface area (Å²) in [6.07, 6.45) is 6.43. The summed E-state index contributed by atoms with van der Waals surface area (Å²) in [4.78, 5) is 2.84. The second-order valence-corrected chi connectivity index (χ2v) is 7.99. The van der Waals surface area contributed by atoms with Crippen LogP contribution in [0.3, 0.4) is 0 Å². The molecule has 0 saturated carbocycles. The number of fused-ring (bicyclic) bond motifs is 1. The van der Waals surface area contributed by atoms with Gasteiger partial charge in [-0.05, 0) is 73.9 Å².